The van der Waals surface area contributed by atoms with Crippen LogP contribution in [0.1, 0.15) is 77.0 Å². The Balaban J connectivity index is 0.000000586. The van der Waals surface area contributed by atoms with Crippen molar-refractivity contribution >= 4 is 29.4 Å². The van der Waals surface area contributed by atoms with Gasteiger partial charge in [0.25, 0.3) is 0 Å². The third kappa shape index (κ3) is 6.09. The van der Waals surface area contributed by atoms with Crippen molar-refractivity contribution in [2.24, 2.45) is 0 Å². The minimum Gasteiger partial charge on any atom is -0.307 e. The van der Waals surface area contributed by atoms with Crippen molar-refractivity contribution < 1.29 is 26.1 Å². The Bertz CT molecular complexity index is 294. The SMILES string of the molecule is C1CC(P(CCP(C2CCC2)C2CCC2)C2CCC2)C1.C=O.C=O.[Ni]. The van der Waals surface area contributed by atoms with Gasteiger partial charge < -0.3 is 9.59 Å². The van der Waals surface area contributed by atoms with Gasteiger partial charge in [0.15, 0.2) is 0 Å². The predicted octanol–water partition coefficient (Wildman–Crippen LogP) is 5.79. The first-order valence-corrected chi connectivity index (χ1v) is 13.3. The molecule has 4 aliphatic rings. The van der Waals surface area contributed by atoms with E-state index < -0.39 is 0 Å². The second-order valence-corrected chi connectivity index (χ2v) is 13.7. The van der Waals surface area contributed by atoms with E-state index in [4.69, 9.17) is 9.59 Å². The maximum atomic E-state index is 8.00. The van der Waals surface area contributed by atoms with Crippen molar-refractivity contribution in [1.82, 2.24) is 0 Å². The van der Waals surface area contributed by atoms with Crippen LogP contribution in [0.5, 0.6) is 0 Å². The zero-order chi connectivity index (χ0) is 17.4. The molecule has 4 rings (SSSR count). The van der Waals surface area contributed by atoms with Crippen molar-refractivity contribution in [3.8, 4) is 0 Å². The summed E-state index contributed by atoms with van der Waals surface area (Å²) in [6.07, 6.45) is 22.6. The summed E-state index contributed by atoms with van der Waals surface area (Å²) in [4.78, 5) is 16.0. The average Bonchev–Trinajstić information content (AvgIpc) is 2.41. The maximum absolute atomic E-state index is 8.00. The molecule has 2 nitrogen and oxygen atoms in total. The van der Waals surface area contributed by atoms with Crippen LogP contribution in [0.25, 0.3) is 0 Å². The van der Waals surface area contributed by atoms with Gasteiger partial charge in [-0.1, -0.05) is 41.5 Å². The van der Waals surface area contributed by atoms with Crippen LogP contribution in [-0.2, 0) is 26.1 Å². The Hall–Kier alpha value is 0.694. The number of hydrogen-bond donors (Lipinski definition) is 0. The molecule has 0 spiro atoms. The summed E-state index contributed by atoms with van der Waals surface area (Å²) in [5.74, 6) is 0. The second kappa shape index (κ2) is 13.0. The van der Waals surface area contributed by atoms with Crippen molar-refractivity contribution in [3.05, 3.63) is 0 Å². The molecule has 0 saturated heterocycles. The molecule has 4 saturated carbocycles. The zero-order valence-electron chi connectivity index (χ0n) is 15.7. The van der Waals surface area contributed by atoms with E-state index in [1.54, 1.807) is 89.4 Å². The summed E-state index contributed by atoms with van der Waals surface area (Å²) >= 11 is 0. The van der Waals surface area contributed by atoms with Crippen molar-refractivity contribution in [3.63, 3.8) is 0 Å². The molecule has 0 amide bonds. The Kier molecular flexibility index (Phi) is 12.3. The predicted molar refractivity (Wildman–Crippen MR) is 108 cm³/mol. The molecule has 0 bridgehead atoms. The molecule has 4 aliphatic carbocycles. The number of carbonyl (C=O) groups is 2. The first-order chi connectivity index (χ1) is 11.9. The molecule has 4 fully saturated rings. The average molecular weight is 429 g/mol. The van der Waals surface area contributed by atoms with Gasteiger partial charge >= 0.3 is 0 Å². The van der Waals surface area contributed by atoms with Crippen molar-refractivity contribution in [1.29, 1.82) is 0 Å². The summed E-state index contributed by atoms with van der Waals surface area (Å²) in [5, 5.41) is 0. The number of carbonyl (C=O) groups excluding carboxylic acids is 2. The molecule has 0 radical (unpaired) electrons. The van der Waals surface area contributed by atoms with Gasteiger partial charge in [-0.05, 0) is 86.3 Å². The van der Waals surface area contributed by atoms with Gasteiger partial charge in [-0.2, -0.15) is 0 Å². The Labute approximate surface area is 167 Å². The summed E-state index contributed by atoms with van der Waals surface area (Å²) in [5.41, 5.74) is 4.93. The maximum Gasteiger partial charge on any atom is 0.106 e. The molecule has 0 aromatic rings. The fourth-order valence-corrected chi connectivity index (χ4v) is 13.0. The molecular formula is C20H36NiO2P2. The number of rotatable bonds is 7. The fraction of sp³-hybridized carbons (Fsp3) is 0.900. The molecule has 5 heteroatoms. The van der Waals surface area contributed by atoms with E-state index in [-0.39, 0.29) is 16.5 Å². The minimum atomic E-state index is 0. The number of hydrogen-bond acceptors (Lipinski definition) is 2. The van der Waals surface area contributed by atoms with E-state index in [0.29, 0.717) is 15.8 Å². The van der Waals surface area contributed by atoms with Crippen LogP contribution in [0, 0.1) is 0 Å². The van der Waals surface area contributed by atoms with E-state index in [2.05, 4.69) is 0 Å². The second-order valence-electron chi connectivity index (χ2n) is 7.81. The first kappa shape index (κ1) is 23.7. The molecule has 0 atom stereocenters. The third-order valence-electron chi connectivity index (χ3n) is 6.79. The normalized spacial score (nSPS) is 23.6. The van der Waals surface area contributed by atoms with Gasteiger partial charge in [0, 0.05) is 16.5 Å². The standard InChI is InChI=1S/C18H32P2.2CH2O.Ni/c1-5-15(6-1)19(16-7-2-8-16)13-14-20(17-9-3-10-17)18-11-4-12-18;2*1-2;/h15-18H,1-14H2;2*1H2;. The van der Waals surface area contributed by atoms with E-state index >= 15 is 0 Å². The summed E-state index contributed by atoms with van der Waals surface area (Å²) in [7, 11) is 0.925. The van der Waals surface area contributed by atoms with Crippen LogP contribution in [-0.4, -0.2) is 48.5 Å². The van der Waals surface area contributed by atoms with Crippen LogP contribution >= 0.6 is 15.8 Å². The van der Waals surface area contributed by atoms with Crippen LogP contribution in [0.15, 0.2) is 0 Å². The zero-order valence-corrected chi connectivity index (χ0v) is 18.4. The Morgan fingerprint density at radius 3 is 0.840 bits per heavy atom. The van der Waals surface area contributed by atoms with Gasteiger partial charge in [-0.3, -0.25) is 0 Å². The Morgan fingerprint density at radius 1 is 0.520 bits per heavy atom. The van der Waals surface area contributed by atoms with Crippen molar-refractivity contribution in [2.75, 3.05) is 12.3 Å². The molecule has 148 valence electrons. The first-order valence-electron chi connectivity index (χ1n) is 10.0. The third-order valence-corrected chi connectivity index (χ3v) is 14.4. The van der Waals surface area contributed by atoms with E-state index in [1.165, 1.54) is 22.6 Å². The summed E-state index contributed by atoms with van der Waals surface area (Å²) in [6, 6.07) is 0. The van der Waals surface area contributed by atoms with Gasteiger partial charge in [0.2, 0.25) is 0 Å². The summed E-state index contributed by atoms with van der Waals surface area (Å²) < 4.78 is 0. The summed E-state index contributed by atoms with van der Waals surface area (Å²) in [6.45, 7) is 4.00. The molecule has 0 N–H and O–H groups in total. The van der Waals surface area contributed by atoms with Crippen molar-refractivity contribution in [2.45, 2.75) is 99.7 Å². The topological polar surface area (TPSA) is 34.1 Å². The van der Waals surface area contributed by atoms with Gasteiger partial charge in [-0.25, -0.2) is 0 Å². The monoisotopic (exact) mass is 428 g/mol. The van der Waals surface area contributed by atoms with Crippen LogP contribution in [0.3, 0.4) is 0 Å². The van der Waals surface area contributed by atoms with Crippen LogP contribution in [0.2, 0.25) is 0 Å². The Morgan fingerprint density at radius 2 is 0.720 bits per heavy atom. The molecule has 0 aromatic heterocycles. The molecule has 0 heterocycles. The molecule has 25 heavy (non-hydrogen) atoms. The molecular weight excluding hydrogens is 393 g/mol. The van der Waals surface area contributed by atoms with E-state index in [9.17, 15) is 0 Å². The van der Waals surface area contributed by atoms with E-state index in [1.807, 2.05) is 13.6 Å². The van der Waals surface area contributed by atoms with Crippen LogP contribution in [0.4, 0.5) is 0 Å². The van der Waals surface area contributed by atoms with E-state index in [0.717, 1.165) is 0 Å². The smallest absolute Gasteiger partial charge is 0.106 e. The van der Waals surface area contributed by atoms with Gasteiger partial charge in [0.1, 0.15) is 13.6 Å². The van der Waals surface area contributed by atoms with Gasteiger partial charge in [0.05, 0.1) is 0 Å². The fourth-order valence-electron chi connectivity index (χ4n) is 4.43. The van der Waals surface area contributed by atoms with Crippen LogP contribution < -0.4 is 0 Å². The molecule has 0 aromatic carbocycles. The molecule has 0 unspecified atom stereocenters. The van der Waals surface area contributed by atoms with Gasteiger partial charge in [-0.15, -0.1) is 0 Å². The minimum absolute atomic E-state index is 0. The molecule has 0 aliphatic heterocycles. The quantitative estimate of drug-likeness (QED) is 0.380. The largest absolute Gasteiger partial charge is 0.307 e.